The average Bonchev–Trinajstić information content (AvgIpc) is 1.78. The van der Waals surface area contributed by atoms with Crippen molar-refractivity contribution in [3.63, 3.8) is 0 Å². The highest BCUT2D eigenvalue weighted by atomic mass is 32.3. The Morgan fingerprint density at radius 1 is 1.54 bits per heavy atom. The summed E-state index contributed by atoms with van der Waals surface area (Å²) in [6.07, 6.45) is 2.80. The molecule has 0 fully saturated rings. The molecular weight excluding hydrogens is 194 g/mol. The third kappa shape index (κ3) is 9.48. The van der Waals surface area contributed by atoms with Crippen LogP contribution >= 0.6 is 0 Å². The highest BCUT2D eigenvalue weighted by molar-refractivity contribution is 7.80. The zero-order valence-electron chi connectivity index (χ0n) is 7.99. The molecule has 0 aromatic rings. The van der Waals surface area contributed by atoms with Crippen LogP contribution in [0.5, 0.6) is 0 Å². The average molecular weight is 211 g/mol. The van der Waals surface area contributed by atoms with Crippen molar-refractivity contribution in [2.24, 2.45) is 0 Å². The number of hydrogen-bond acceptors (Lipinski definition) is 4. The van der Waals surface area contributed by atoms with E-state index in [0.717, 1.165) is 0 Å². The van der Waals surface area contributed by atoms with Crippen molar-refractivity contribution in [2.45, 2.75) is 32.3 Å². The SMILES string of the molecule is C=CCCC(C)(C)OS(=O)(=O)O.N. The van der Waals surface area contributed by atoms with Crippen molar-refractivity contribution in [3.8, 4) is 0 Å². The molecule has 0 unspecified atom stereocenters. The van der Waals surface area contributed by atoms with Crippen molar-refractivity contribution in [3.05, 3.63) is 12.7 Å². The zero-order chi connectivity index (χ0) is 9.83. The second-order valence-corrected chi connectivity index (χ2v) is 4.12. The van der Waals surface area contributed by atoms with E-state index in [-0.39, 0.29) is 6.15 Å². The van der Waals surface area contributed by atoms with Crippen LogP contribution in [0.3, 0.4) is 0 Å². The lowest BCUT2D eigenvalue weighted by Crippen LogP contribution is -2.27. The molecule has 6 heteroatoms. The Morgan fingerprint density at radius 3 is 2.31 bits per heavy atom. The molecule has 0 radical (unpaired) electrons. The topological polar surface area (TPSA) is 98.6 Å². The van der Waals surface area contributed by atoms with E-state index in [0.29, 0.717) is 12.8 Å². The predicted molar refractivity (Wildman–Crippen MR) is 51.2 cm³/mol. The maximum absolute atomic E-state index is 10.3. The van der Waals surface area contributed by atoms with Crippen LogP contribution in [0.1, 0.15) is 26.7 Å². The number of rotatable bonds is 5. The molecule has 0 heterocycles. The van der Waals surface area contributed by atoms with Crippen molar-refractivity contribution in [2.75, 3.05) is 0 Å². The molecular formula is C7H17NO4S. The molecule has 0 spiro atoms. The first kappa shape index (κ1) is 15.1. The maximum Gasteiger partial charge on any atom is 0.397 e. The first-order chi connectivity index (χ1) is 5.27. The minimum atomic E-state index is -4.35. The van der Waals surface area contributed by atoms with Crippen LogP contribution in [0.25, 0.3) is 0 Å². The smallest absolute Gasteiger partial charge is 0.344 e. The van der Waals surface area contributed by atoms with Gasteiger partial charge < -0.3 is 6.15 Å². The molecule has 0 aliphatic carbocycles. The molecule has 0 aromatic carbocycles. The van der Waals surface area contributed by atoms with Crippen LogP contribution in [-0.4, -0.2) is 18.6 Å². The first-order valence-electron chi connectivity index (χ1n) is 3.56. The van der Waals surface area contributed by atoms with Gasteiger partial charge in [0.1, 0.15) is 0 Å². The molecule has 0 saturated carbocycles. The Kier molecular flexibility index (Phi) is 6.18. The maximum atomic E-state index is 10.3. The van der Waals surface area contributed by atoms with Gasteiger partial charge in [-0.2, -0.15) is 8.42 Å². The first-order valence-corrected chi connectivity index (χ1v) is 4.92. The van der Waals surface area contributed by atoms with E-state index in [1.165, 1.54) is 0 Å². The van der Waals surface area contributed by atoms with Crippen LogP contribution in [0.15, 0.2) is 12.7 Å². The quantitative estimate of drug-likeness (QED) is 0.532. The second kappa shape index (κ2) is 5.33. The summed E-state index contributed by atoms with van der Waals surface area (Å²) in [4.78, 5) is 0. The zero-order valence-corrected chi connectivity index (χ0v) is 8.80. The van der Waals surface area contributed by atoms with Gasteiger partial charge in [-0.3, -0.25) is 4.55 Å². The highest BCUT2D eigenvalue weighted by Crippen LogP contribution is 2.18. The molecule has 0 atom stereocenters. The van der Waals surface area contributed by atoms with E-state index in [4.69, 9.17) is 4.55 Å². The third-order valence-electron chi connectivity index (χ3n) is 1.28. The summed E-state index contributed by atoms with van der Waals surface area (Å²) in [7, 11) is -4.35. The number of allylic oxidation sites excluding steroid dienone is 1. The standard InChI is InChI=1S/C7H14O4S.H3N/c1-4-5-6-7(2,3)11-12(8,9)10;/h4H,1,5-6H2,2-3H3,(H,8,9,10);1H3. The third-order valence-corrected chi connectivity index (χ3v) is 1.94. The van der Waals surface area contributed by atoms with Crippen LogP contribution in [0.4, 0.5) is 0 Å². The largest absolute Gasteiger partial charge is 0.397 e. The van der Waals surface area contributed by atoms with Gasteiger partial charge in [0, 0.05) is 0 Å². The van der Waals surface area contributed by atoms with Crippen LogP contribution in [0.2, 0.25) is 0 Å². The minimum absolute atomic E-state index is 0. The fourth-order valence-electron chi connectivity index (χ4n) is 0.776. The summed E-state index contributed by atoms with van der Waals surface area (Å²) in [6, 6.07) is 0. The summed E-state index contributed by atoms with van der Waals surface area (Å²) in [5.74, 6) is 0. The summed E-state index contributed by atoms with van der Waals surface area (Å²) >= 11 is 0. The lowest BCUT2D eigenvalue weighted by Gasteiger charge is -2.21. The summed E-state index contributed by atoms with van der Waals surface area (Å²) in [5.41, 5.74) is -0.873. The van der Waals surface area contributed by atoms with Crippen LogP contribution < -0.4 is 6.15 Å². The fourth-order valence-corrected chi connectivity index (χ4v) is 1.43. The van der Waals surface area contributed by atoms with E-state index in [1.54, 1.807) is 19.9 Å². The highest BCUT2D eigenvalue weighted by Gasteiger charge is 2.24. The molecule has 0 bridgehead atoms. The van der Waals surface area contributed by atoms with Gasteiger partial charge in [0.25, 0.3) is 0 Å². The van der Waals surface area contributed by atoms with Crippen molar-refractivity contribution in [1.29, 1.82) is 0 Å². The van der Waals surface area contributed by atoms with Gasteiger partial charge in [-0.15, -0.1) is 6.58 Å². The van der Waals surface area contributed by atoms with E-state index in [1.807, 2.05) is 0 Å². The normalized spacial score (nSPS) is 11.9. The molecule has 4 N–H and O–H groups in total. The van der Waals surface area contributed by atoms with Gasteiger partial charge in [0.05, 0.1) is 5.60 Å². The van der Waals surface area contributed by atoms with Gasteiger partial charge >= 0.3 is 10.4 Å². The van der Waals surface area contributed by atoms with Crippen molar-refractivity contribution in [1.82, 2.24) is 6.15 Å². The van der Waals surface area contributed by atoms with E-state index >= 15 is 0 Å². The summed E-state index contributed by atoms with van der Waals surface area (Å²) in [6.45, 7) is 6.67. The molecule has 0 aliphatic rings. The Bertz CT molecular complexity index is 245. The molecule has 0 aromatic heterocycles. The Morgan fingerprint density at radius 2 is 2.00 bits per heavy atom. The van der Waals surface area contributed by atoms with Gasteiger partial charge in [-0.25, -0.2) is 4.18 Å². The Labute approximate surface area is 79.3 Å². The molecule has 0 rings (SSSR count). The van der Waals surface area contributed by atoms with Crippen LogP contribution in [0, 0.1) is 0 Å². The van der Waals surface area contributed by atoms with Gasteiger partial charge in [-0.05, 0) is 26.7 Å². The Hall–Kier alpha value is -0.430. The summed E-state index contributed by atoms with van der Waals surface area (Å²) < 4.78 is 33.4. The van der Waals surface area contributed by atoms with Gasteiger partial charge in [0.2, 0.25) is 0 Å². The molecule has 0 saturated heterocycles. The van der Waals surface area contributed by atoms with Crippen LogP contribution in [-0.2, 0) is 14.6 Å². The fraction of sp³-hybridized carbons (Fsp3) is 0.714. The lowest BCUT2D eigenvalue weighted by molar-refractivity contribution is 0.0917. The minimum Gasteiger partial charge on any atom is -0.344 e. The molecule has 13 heavy (non-hydrogen) atoms. The molecule has 0 aliphatic heterocycles. The van der Waals surface area contributed by atoms with E-state index in [2.05, 4.69) is 10.8 Å². The summed E-state index contributed by atoms with van der Waals surface area (Å²) in [5, 5.41) is 0. The van der Waals surface area contributed by atoms with Gasteiger partial charge in [-0.1, -0.05) is 6.08 Å². The van der Waals surface area contributed by atoms with Crippen molar-refractivity contribution < 1.29 is 17.2 Å². The lowest BCUT2D eigenvalue weighted by atomic mass is 10.0. The number of hydrogen-bond donors (Lipinski definition) is 2. The van der Waals surface area contributed by atoms with Gasteiger partial charge in [0.15, 0.2) is 0 Å². The molecule has 80 valence electrons. The van der Waals surface area contributed by atoms with E-state index in [9.17, 15) is 8.42 Å². The predicted octanol–water partition coefficient (Wildman–Crippen LogP) is 1.71. The molecule has 5 nitrogen and oxygen atoms in total. The second-order valence-electron chi connectivity index (χ2n) is 3.10. The van der Waals surface area contributed by atoms with Crippen molar-refractivity contribution >= 4 is 10.4 Å². The molecule has 0 amide bonds. The Balaban J connectivity index is 0. The monoisotopic (exact) mass is 211 g/mol. The van der Waals surface area contributed by atoms with E-state index < -0.39 is 16.0 Å².